The van der Waals surface area contributed by atoms with Crippen LogP contribution in [0.5, 0.6) is 5.75 Å². The first-order valence-corrected chi connectivity index (χ1v) is 7.95. The summed E-state index contributed by atoms with van der Waals surface area (Å²) in [5.74, 6) is -0.184. The molecule has 0 aromatic carbocycles. The van der Waals surface area contributed by atoms with Crippen LogP contribution in [0.4, 0.5) is 0 Å². The molecule has 124 valence electrons. The topological polar surface area (TPSA) is 68.9 Å². The van der Waals surface area contributed by atoms with Crippen molar-refractivity contribution in [2.45, 2.75) is 39.5 Å². The average Bonchev–Trinajstić information content (AvgIpc) is 2.52. The summed E-state index contributed by atoms with van der Waals surface area (Å²) in [5, 5.41) is 19.9. The van der Waals surface area contributed by atoms with Gasteiger partial charge < -0.3 is 19.7 Å². The molecule has 0 saturated carbocycles. The summed E-state index contributed by atoms with van der Waals surface area (Å²) in [6.07, 6.45) is 0.866. The van der Waals surface area contributed by atoms with Crippen LogP contribution in [-0.2, 0) is 13.2 Å². The van der Waals surface area contributed by atoms with Gasteiger partial charge in [0.1, 0.15) is 0 Å². The van der Waals surface area contributed by atoms with Gasteiger partial charge in [0.05, 0.1) is 12.3 Å². The minimum Gasteiger partial charge on any atom is -0.503 e. The van der Waals surface area contributed by atoms with E-state index in [2.05, 4.69) is 23.8 Å². The van der Waals surface area contributed by atoms with Crippen molar-refractivity contribution in [2.75, 3.05) is 33.2 Å². The lowest BCUT2D eigenvalue weighted by Crippen LogP contribution is -2.44. The molecule has 6 heteroatoms. The first-order valence-electron chi connectivity index (χ1n) is 7.95. The number of aromatic nitrogens is 1. The van der Waals surface area contributed by atoms with Gasteiger partial charge in [-0.05, 0) is 20.4 Å². The second-order valence-corrected chi connectivity index (χ2v) is 6.16. The Morgan fingerprint density at radius 1 is 1.27 bits per heavy atom. The largest absolute Gasteiger partial charge is 0.503 e. The Morgan fingerprint density at radius 3 is 2.45 bits per heavy atom. The first kappa shape index (κ1) is 17.0. The van der Waals surface area contributed by atoms with E-state index < -0.39 is 5.43 Å². The van der Waals surface area contributed by atoms with Crippen LogP contribution >= 0.6 is 0 Å². The van der Waals surface area contributed by atoms with E-state index >= 15 is 0 Å². The summed E-state index contributed by atoms with van der Waals surface area (Å²) in [7, 11) is 2.09. The van der Waals surface area contributed by atoms with E-state index in [0.29, 0.717) is 17.9 Å². The van der Waals surface area contributed by atoms with E-state index in [0.717, 1.165) is 32.6 Å². The van der Waals surface area contributed by atoms with Gasteiger partial charge in [0, 0.05) is 50.5 Å². The number of aliphatic hydroxyl groups excluding tert-OH is 1. The Morgan fingerprint density at radius 2 is 1.91 bits per heavy atom. The normalized spacial score (nSPS) is 18.5. The van der Waals surface area contributed by atoms with Gasteiger partial charge in [-0.3, -0.25) is 9.69 Å². The van der Waals surface area contributed by atoms with Crippen LogP contribution in [0.25, 0.3) is 0 Å². The molecular formula is C16H27N3O3. The molecule has 1 aliphatic heterocycles. The lowest BCUT2D eigenvalue weighted by molar-refractivity contribution is 0.142. The number of hydrogen-bond donors (Lipinski definition) is 2. The number of aromatic hydroxyl groups is 1. The van der Waals surface area contributed by atoms with Gasteiger partial charge in [0.2, 0.25) is 5.43 Å². The van der Waals surface area contributed by atoms with E-state index in [9.17, 15) is 15.0 Å². The molecule has 22 heavy (non-hydrogen) atoms. The molecule has 1 atom stereocenters. The number of rotatable bonds is 5. The molecule has 6 nitrogen and oxygen atoms in total. The number of aliphatic hydroxyl groups is 1. The fourth-order valence-corrected chi connectivity index (χ4v) is 2.94. The molecule has 1 aromatic heterocycles. The van der Waals surface area contributed by atoms with Gasteiger partial charge in [-0.15, -0.1) is 0 Å². The van der Waals surface area contributed by atoms with Crippen molar-refractivity contribution in [1.29, 1.82) is 0 Å². The smallest absolute Gasteiger partial charge is 0.223 e. The molecule has 2 heterocycles. The van der Waals surface area contributed by atoms with Crippen LogP contribution < -0.4 is 5.43 Å². The molecule has 1 aliphatic rings. The Kier molecular flexibility index (Phi) is 5.61. The first-order chi connectivity index (χ1) is 10.5. The predicted octanol–water partition coefficient (Wildman–Crippen LogP) is 0.765. The summed E-state index contributed by atoms with van der Waals surface area (Å²) < 4.78 is 1.93. The second-order valence-electron chi connectivity index (χ2n) is 6.16. The van der Waals surface area contributed by atoms with E-state index in [1.165, 1.54) is 6.07 Å². The monoisotopic (exact) mass is 309 g/mol. The highest BCUT2D eigenvalue weighted by molar-refractivity contribution is 5.30. The summed E-state index contributed by atoms with van der Waals surface area (Å²) >= 11 is 0. The molecule has 0 bridgehead atoms. The molecule has 0 radical (unpaired) electrons. The third-order valence-corrected chi connectivity index (χ3v) is 4.57. The van der Waals surface area contributed by atoms with Crippen molar-refractivity contribution < 1.29 is 10.2 Å². The van der Waals surface area contributed by atoms with Crippen molar-refractivity contribution in [2.24, 2.45) is 0 Å². The van der Waals surface area contributed by atoms with E-state index in [1.807, 2.05) is 11.5 Å². The third kappa shape index (κ3) is 3.51. The van der Waals surface area contributed by atoms with Gasteiger partial charge in [-0.25, -0.2) is 0 Å². The Labute approximate surface area is 131 Å². The predicted molar refractivity (Wildman–Crippen MR) is 86.1 cm³/mol. The molecule has 1 aromatic rings. The van der Waals surface area contributed by atoms with Crippen molar-refractivity contribution in [3.05, 3.63) is 27.7 Å². The molecule has 2 N–H and O–H groups in total. The van der Waals surface area contributed by atoms with Gasteiger partial charge in [0.15, 0.2) is 5.75 Å². The van der Waals surface area contributed by atoms with Crippen LogP contribution in [0.15, 0.2) is 10.9 Å². The van der Waals surface area contributed by atoms with Gasteiger partial charge in [-0.2, -0.15) is 0 Å². The number of pyridine rings is 1. The lowest BCUT2D eigenvalue weighted by atomic mass is 10.1. The van der Waals surface area contributed by atoms with Crippen molar-refractivity contribution in [1.82, 2.24) is 14.4 Å². The summed E-state index contributed by atoms with van der Waals surface area (Å²) in [5.41, 5.74) is 0.782. The molecule has 0 amide bonds. The molecular weight excluding hydrogens is 282 g/mol. The minimum absolute atomic E-state index is 0.121. The van der Waals surface area contributed by atoms with Crippen molar-refractivity contribution in [3.63, 3.8) is 0 Å². The number of hydrogen-bond acceptors (Lipinski definition) is 5. The van der Waals surface area contributed by atoms with Crippen LogP contribution in [0.2, 0.25) is 0 Å². The molecule has 1 fully saturated rings. The van der Waals surface area contributed by atoms with Gasteiger partial charge in [0.25, 0.3) is 0 Å². The van der Waals surface area contributed by atoms with Gasteiger partial charge >= 0.3 is 0 Å². The molecule has 0 aliphatic carbocycles. The summed E-state index contributed by atoms with van der Waals surface area (Å²) in [4.78, 5) is 16.5. The van der Waals surface area contributed by atoms with Crippen LogP contribution in [-0.4, -0.2) is 57.8 Å². The maximum Gasteiger partial charge on any atom is 0.223 e. The van der Waals surface area contributed by atoms with Crippen molar-refractivity contribution >= 4 is 0 Å². The van der Waals surface area contributed by atoms with Crippen LogP contribution in [0.3, 0.4) is 0 Å². The minimum atomic E-state index is -0.410. The summed E-state index contributed by atoms with van der Waals surface area (Å²) in [6, 6.07) is 1.46. The highest BCUT2D eigenvalue weighted by atomic mass is 16.3. The summed E-state index contributed by atoms with van der Waals surface area (Å²) in [6.45, 7) is 8.21. The maximum atomic E-state index is 12.0. The fourth-order valence-electron chi connectivity index (χ4n) is 2.94. The highest BCUT2D eigenvalue weighted by Gasteiger charge is 2.22. The van der Waals surface area contributed by atoms with Gasteiger partial charge in [-0.1, -0.05) is 6.92 Å². The van der Waals surface area contributed by atoms with E-state index in [4.69, 9.17) is 0 Å². The SMILES string of the molecule is CCC(C)n1c(CO)cc(=O)c(O)c1CN1CCN(C)CC1. The van der Waals surface area contributed by atoms with E-state index in [1.54, 1.807) is 0 Å². The Hall–Kier alpha value is -1.37. The zero-order valence-electron chi connectivity index (χ0n) is 13.7. The molecule has 1 saturated heterocycles. The molecule has 0 spiro atoms. The zero-order chi connectivity index (χ0) is 16.3. The Bertz CT molecular complexity index is 562. The quantitative estimate of drug-likeness (QED) is 0.841. The standard InChI is InChI=1S/C16H27N3O3/c1-4-12(2)19-13(11-20)9-15(21)16(22)14(19)10-18-7-5-17(3)6-8-18/h9,12,20,22H,4-8,10-11H2,1-3H3. The third-order valence-electron chi connectivity index (χ3n) is 4.57. The lowest BCUT2D eigenvalue weighted by Gasteiger charge is -2.34. The van der Waals surface area contributed by atoms with Crippen LogP contribution in [0, 0.1) is 0 Å². The van der Waals surface area contributed by atoms with E-state index in [-0.39, 0.29) is 18.4 Å². The molecule has 1 unspecified atom stereocenters. The highest BCUT2D eigenvalue weighted by Crippen LogP contribution is 2.24. The Balaban J connectivity index is 2.39. The maximum absolute atomic E-state index is 12.0. The average molecular weight is 309 g/mol. The fraction of sp³-hybridized carbons (Fsp3) is 0.688. The second kappa shape index (κ2) is 7.26. The number of nitrogens with zero attached hydrogens (tertiary/aromatic N) is 3. The zero-order valence-corrected chi connectivity index (χ0v) is 13.7. The number of piperazine rings is 1. The van der Waals surface area contributed by atoms with Crippen LogP contribution in [0.1, 0.15) is 37.7 Å². The number of likely N-dealkylation sites (N-methyl/N-ethyl adjacent to an activating group) is 1. The van der Waals surface area contributed by atoms with Crippen molar-refractivity contribution in [3.8, 4) is 5.75 Å². The molecule has 2 rings (SSSR count).